The first-order valence-corrected chi connectivity index (χ1v) is 21.6. The van der Waals surface area contributed by atoms with Gasteiger partial charge in [-0.2, -0.15) is 0 Å². The van der Waals surface area contributed by atoms with Crippen LogP contribution in [0.4, 0.5) is 0 Å². The van der Waals surface area contributed by atoms with Crippen molar-refractivity contribution in [3.63, 3.8) is 0 Å². The zero-order valence-corrected chi connectivity index (χ0v) is 35.0. The summed E-state index contributed by atoms with van der Waals surface area (Å²) in [5, 5.41) is 5.06. The molecule has 0 spiro atoms. The van der Waals surface area contributed by atoms with Gasteiger partial charge in [-0.25, -0.2) is 4.99 Å². The van der Waals surface area contributed by atoms with Gasteiger partial charge in [0.15, 0.2) is 5.84 Å². The highest BCUT2D eigenvalue weighted by Gasteiger charge is 2.36. The predicted molar refractivity (Wildman–Crippen MR) is 257 cm³/mol. The van der Waals surface area contributed by atoms with E-state index in [1.54, 1.807) is 0 Å². The van der Waals surface area contributed by atoms with Crippen molar-refractivity contribution in [2.45, 2.75) is 39.2 Å². The van der Waals surface area contributed by atoms with E-state index in [9.17, 15) is 0 Å². The first-order valence-electron chi connectivity index (χ1n) is 20.8. The third-order valence-electron chi connectivity index (χ3n) is 12.6. The molecule has 0 N–H and O–H groups in total. The van der Waals surface area contributed by atoms with Crippen molar-refractivity contribution in [2.75, 3.05) is 0 Å². The number of nitrogens with zero attached hydrogens (tertiary/aromatic N) is 3. The van der Waals surface area contributed by atoms with Crippen LogP contribution in [0, 0.1) is 0 Å². The third kappa shape index (κ3) is 5.77. The van der Waals surface area contributed by atoms with Gasteiger partial charge in [0, 0.05) is 58.8 Å². The predicted octanol–water partition coefficient (Wildman–Crippen LogP) is 15.1. The summed E-state index contributed by atoms with van der Waals surface area (Å²) in [5.74, 6) is 0.707. The fraction of sp³-hybridized carbons (Fsp3) is 0.107. The van der Waals surface area contributed by atoms with Gasteiger partial charge >= 0.3 is 0 Å². The molecular weight excluding hydrogens is 747 g/mol. The number of aliphatic imine (C=N–C) groups is 2. The number of aromatic nitrogens is 1. The van der Waals surface area contributed by atoms with Crippen LogP contribution in [-0.2, 0) is 5.41 Å². The normalized spacial score (nSPS) is 14.3. The van der Waals surface area contributed by atoms with Crippen LogP contribution in [0.1, 0.15) is 61.6 Å². The third-order valence-corrected chi connectivity index (χ3v) is 13.9. The molecule has 4 heteroatoms. The van der Waals surface area contributed by atoms with Gasteiger partial charge in [0.1, 0.15) is 0 Å². The Morgan fingerprint density at radius 2 is 1.22 bits per heavy atom. The summed E-state index contributed by atoms with van der Waals surface area (Å²) in [7, 11) is 0. The van der Waals surface area contributed by atoms with Crippen LogP contribution in [0.25, 0.3) is 69.9 Å². The Bertz CT molecular complexity index is 3360. The van der Waals surface area contributed by atoms with Crippen LogP contribution in [0.15, 0.2) is 192 Å². The molecule has 60 heavy (non-hydrogen) atoms. The van der Waals surface area contributed by atoms with Gasteiger partial charge in [-0.3, -0.25) is 4.99 Å². The first-order chi connectivity index (χ1) is 29.3. The second-order valence-corrected chi connectivity index (χ2v) is 17.6. The quantitative estimate of drug-likeness (QED) is 0.119. The van der Waals surface area contributed by atoms with Crippen molar-refractivity contribution in [2.24, 2.45) is 9.98 Å². The van der Waals surface area contributed by atoms with Gasteiger partial charge < -0.3 is 4.57 Å². The number of para-hydroxylation sites is 1. The summed E-state index contributed by atoms with van der Waals surface area (Å²) < 4.78 is 5.10. The fourth-order valence-corrected chi connectivity index (χ4v) is 10.8. The number of amidine groups is 1. The largest absolute Gasteiger partial charge is 0.309 e. The molecular formula is C56H43N3S. The Hall–Kier alpha value is -6.88. The van der Waals surface area contributed by atoms with Gasteiger partial charge in [0.05, 0.1) is 22.8 Å². The number of thiophene rings is 1. The van der Waals surface area contributed by atoms with Crippen molar-refractivity contribution in [1.29, 1.82) is 0 Å². The molecule has 0 saturated carbocycles. The maximum absolute atomic E-state index is 5.42. The average Bonchev–Trinajstić information content (AvgIpc) is 3.91. The summed E-state index contributed by atoms with van der Waals surface area (Å²) in [4.78, 5) is 10.8. The highest BCUT2D eigenvalue weighted by atomic mass is 32.1. The van der Waals surface area contributed by atoms with Crippen LogP contribution >= 0.6 is 11.3 Å². The van der Waals surface area contributed by atoms with E-state index in [-0.39, 0.29) is 11.5 Å². The molecule has 1 atom stereocenters. The lowest BCUT2D eigenvalue weighted by Gasteiger charge is -2.22. The molecule has 0 radical (unpaired) electrons. The molecule has 2 aromatic heterocycles. The van der Waals surface area contributed by atoms with E-state index in [0.717, 1.165) is 28.1 Å². The molecule has 1 aliphatic carbocycles. The zero-order chi connectivity index (χ0) is 40.5. The van der Waals surface area contributed by atoms with Crippen LogP contribution in [-0.4, -0.2) is 16.1 Å². The minimum absolute atomic E-state index is 0.108. The summed E-state index contributed by atoms with van der Waals surface area (Å²) >= 11 is 1.87. The van der Waals surface area contributed by atoms with E-state index < -0.39 is 0 Å². The maximum atomic E-state index is 5.42. The zero-order valence-electron chi connectivity index (χ0n) is 34.1. The van der Waals surface area contributed by atoms with E-state index in [4.69, 9.17) is 9.98 Å². The lowest BCUT2D eigenvalue weighted by molar-refractivity contribution is 0.661. The molecule has 1 aliphatic rings. The molecule has 0 fully saturated rings. The summed E-state index contributed by atoms with van der Waals surface area (Å²) in [6.07, 6.45) is 0. The van der Waals surface area contributed by atoms with Crippen LogP contribution in [0.5, 0.6) is 0 Å². The second-order valence-electron chi connectivity index (χ2n) is 16.6. The lowest BCUT2D eigenvalue weighted by atomic mass is 9.82. The first kappa shape index (κ1) is 36.2. The van der Waals surface area contributed by atoms with Gasteiger partial charge in [-0.05, 0) is 77.6 Å². The van der Waals surface area contributed by atoms with Crippen LogP contribution in [0.3, 0.4) is 0 Å². The smallest absolute Gasteiger partial charge is 0.155 e. The van der Waals surface area contributed by atoms with Crippen molar-refractivity contribution >= 4 is 64.9 Å². The van der Waals surface area contributed by atoms with Gasteiger partial charge in [-0.15, -0.1) is 11.3 Å². The molecule has 3 nitrogen and oxygen atoms in total. The molecule has 2 heterocycles. The van der Waals surface area contributed by atoms with E-state index >= 15 is 0 Å². The van der Waals surface area contributed by atoms with Crippen molar-refractivity contribution in [3.05, 3.63) is 210 Å². The molecule has 0 amide bonds. The van der Waals surface area contributed by atoms with Gasteiger partial charge in [0.2, 0.25) is 0 Å². The number of benzene rings is 8. The van der Waals surface area contributed by atoms with E-state index in [1.165, 1.54) is 75.4 Å². The average molecular weight is 790 g/mol. The molecule has 11 rings (SSSR count). The van der Waals surface area contributed by atoms with Gasteiger partial charge in [-0.1, -0.05) is 166 Å². The Morgan fingerprint density at radius 1 is 0.533 bits per heavy atom. The lowest BCUT2D eigenvalue weighted by Crippen LogP contribution is -2.15. The van der Waals surface area contributed by atoms with Crippen molar-refractivity contribution in [1.82, 2.24) is 4.57 Å². The highest BCUT2D eigenvalue weighted by Crippen LogP contribution is 2.51. The van der Waals surface area contributed by atoms with Crippen LogP contribution in [0.2, 0.25) is 0 Å². The Kier molecular flexibility index (Phi) is 8.54. The number of hydrogen-bond donors (Lipinski definition) is 0. The Balaban J connectivity index is 1.22. The van der Waals surface area contributed by atoms with Crippen molar-refractivity contribution < 1.29 is 0 Å². The molecule has 1 unspecified atom stereocenters. The van der Waals surface area contributed by atoms with E-state index in [1.807, 2.05) is 17.4 Å². The molecule has 288 valence electrons. The van der Waals surface area contributed by atoms with Gasteiger partial charge in [0.25, 0.3) is 0 Å². The SMILES string of the molecule is CC(=NC(=NC(C)c1ccccc1)c1ccc(-c2cccc3c2sc2ccccc23)c(-n2c3ccccc3c3cc4c(cc32)C(C)(C)c2ccccc2-4)c1)c1ccccc1. The maximum Gasteiger partial charge on any atom is 0.155 e. The summed E-state index contributed by atoms with van der Waals surface area (Å²) in [6, 6.07) is 66.0. The second kappa shape index (κ2) is 14.1. The van der Waals surface area contributed by atoms with Crippen molar-refractivity contribution in [3.8, 4) is 27.9 Å². The number of fused-ring (bicyclic) bond motifs is 9. The Labute approximate surface area is 354 Å². The molecule has 0 bridgehead atoms. The fourth-order valence-electron chi connectivity index (χ4n) is 9.53. The minimum Gasteiger partial charge on any atom is -0.309 e. The molecule has 0 saturated heterocycles. The topological polar surface area (TPSA) is 29.6 Å². The molecule has 0 aliphatic heterocycles. The molecule has 10 aromatic rings. The van der Waals surface area contributed by atoms with Crippen LogP contribution < -0.4 is 0 Å². The number of hydrogen-bond acceptors (Lipinski definition) is 2. The Morgan fingerprint density at radius 3 is 2.05 bits per heavy atom. The monoisotopic (exact) mass is 789 g/mol. The highest BCUT2D eigenvalue weighted by molar-refractivity contribution is 7.26. The summed E-state index contributed by atoms with van der Waals surface area (Å²) in [6.45, 7) is 8.99. The molecule has 8 aromatic carbocycles. The summed E-state index contributed by atoms with van der Waals surface area (Å²) in [5.41, 5.74) is 15.2. The minimum atomic E-state index is -0.147. The van der Waals surface area contributed by atoms with E-state index in [2.05, 4.69) is 208 Å². The van der Waals surface area contributed by atoms with E-state index in [0.29, 0.717) is 5.84 Å². The number of rotatable bonds is 6. The standard InChI is InChI=1S/C56H43N3S/c1-35(37-18-7-5-8-19-37)57-55(58-36(2)38-20-9-6-10-21-38)39-30-31-42(44-25-17-26-45-43-24-13-16-29-53(43)60-54(44)45)51(32-39)59-50-28-15-12-23-41(50)47-33-46-40-22-11-14-27-48(40)56(3,4)49(46)34-52(47)59/h5-35H,1-4H3.